The zero-order valence-electron chi connectivity index (χ0n) is 15.1. The zero-order valence-corrected chi connectivity index (χ0v) is 15.1. The molecule has 2 bridgehead atoms. The largest absolute Gasteiger partial charge is 0.480 e. The Labute approximate surface area is 150 Å². The first-order valence-corrected chi connectivity index (χ1v) is 9.96. The molecule has 4 aliphatic heterocycles. The summed E-state index contributed by atoms with van der Waals surface area (Å²) < 4.78 is 0. The van der Waals surface area contributed by atoms with Crippen molar-refractivity contribution in [2.24, 2.45) is 11.8 Å². The highest BCUT2D eigenvalue weighted by Crippen LogP contribution is 2.43. The molecule has 0 radical (unpaired) electrons. The molecule has 0 amide bonds. The van der Waals surface area contributed by atoms with Crippen molar-refractivity contribution >= 4 is 5.97 Å². The molecule has 2 atom stereocenters. The van der Waals surface area contributed by atoms with Gasteiger partial charge in [-0.25, -0.2) is 4.79 Å². The summed E-state index contributed by atoms with van der Waals surface area (Å²) >= 11 is 0. The number of likely N-dealkylation sites (tertiary alicyclic amines) is 1. The number of carboxylic acids is 1. The molecule has 4 fully saturated rings. The van der Waals surface area contributed by atoms with Crippen LogP contribution in [0.25, 0.3) is 0 Å². The molecule has 136 valence electrons. The molecule has 4 aliphatic rings. The van der Waals surface area contributed by atoms with Crippen LogP contribution in [0.3, 0.4) is 0 Å². The topological polar surface area (TPSA) is 43.8 Å². The SMILES string of the molecule is O=C(O)[C@@](CC1CN2CCC1CC2)(c1ccccc1)N1CCCCC1. The number of fused-ring (bicyclic) bond motifs is 3. The summed E-state index contributed by atoms with van der Waals surface area (Å²) in [7, 11) is 0. The maximum atomic E-state index is 12.7. The molecule has 5 rings (SSSR count). The van der Waals surface area contributed by atoms with Crippen LogP contribution >= 0.6 is 0 Å². The summed E-state index contributed by atoms with van der Waals surface area (Å²) in [6.45, 7) is 5.30. The standard InChI is InChI=1S/C21H30N2O2/c24-20(25)21(19-7-3-1-4-8-19,23-11-5-2-6-12-23)15-18-16-22-13-9-17(18)10-14-22/h1,3-4,7-8,17-18H,2,5-6,9-16H2,(H,24,25)/t18?,21-/m1/s1. The van der Waals surface area contributed by atoms with Gasteiger partial charge in [0.25, 0.3) is 0 Å². The minimum Gasteiger partial charge on any atom is -0.480 e. The van der Waals surface area contributed by atoms with Crippen LogP contribution in [0.15, 0.2) is 30.3 Å². The van der Waals surface area contributed by atoms with Gasteiger partial charge in [0, 0.05) is 6.54 Å². The lowest BCUT2D eigenvalue weighted by Crippen LogP contribution is -2.57. The number of benzene rings is 1. The van der Waals surface area contributed by atoms with E-state index in [1.54, 1.807) is 0 Å². The first kappa shape index (κ1) is 17.0. The van der Waals surface area contributed by atoms with E-state index < -0.39 is 11.5 Å². The molecule has 0 aromatic heterocycles. The van der Waals surface area contributed by atoms with Crippen molar-refractivity contribution in [2.45, 2.75) is 44.1 Å². The number of nitrogens with zero attached hydrogens (tertiary/aromatic N) is 2. The molecule has 0 aliphatic carbocycles. The maximum Gasteiger partial charge on any atom is 0.328 e. The third-order valence-corrected chi connectivity index (χ3v) is 6.85. The van der Waals surface area contributed by atoms with Crippen molar-refractivity contribution in [2.75, 3.05) is 32.7 Å². The van der Waals surface area contributed by atoms with Crippen LogP contribution in [0.5, 0.6) is 0 Å². The monoisotopic (exact) mass is 342 g/mol. The molecular weight excluding hydrogens is 312 g/mol. The third kappa shape index (κ3) is 3.11. The van der Waals surface area contributed by atoms with Crippen molar-refractivity contribution < 1.29 is 9.90 Å². The molecular formula is C21H30N2O2. The van der Waals surface area contributed by atoms with Crippen molar-refractivity contribution in [3.05, 3.63) is 35.9 Å². The second-order valence-electron chi connectivity index (χ2n) is 8.18. The van der Waals surface area contributed by atoms with E-state index in [0.717, 1.165) is 44.5 Å². The fraction of sp³-hybridized carbons (Fsp3) is 0.667. The van der Waals surface area contributed by atoms with Crippen LogP contribution in [0.1, 0.15) is 44.1 Å². The second-order valence-corrected chi connectivity index (χ2v) is 8.18. The summed E-state index contributed by atoms with van der Waals surface area (Å²) in [5.41, 5.74) is 0.117. The maximum absolute atomic E-state index is 12.7. The van der Waals surface area contributed by atoms with E-state index in [-0.39, 0.29) is 0 Å². The number of piperidine rings is 4. The van der Waals surface area contributed by atoms with Gasteiger partial charge in [-0.3, -0.25) is 4.90 Å². The minimum atomic E-state index is -0.856. The highest BCUT2D eigenvalue weighted by atomic mass is 16.4. The number of rotatable bonds is 5. The van der Waals surface area contributed by atoms with E-state index in [2.05, 4.69) is 9.80 Å². The van der Waals surface area contributed by atoms with E-state index in [9.17, 15) is 9.90 Å². The van der Waals surface area contributed by atoms with Crippen LogP contribution in [0, 0.1) is 11.8 Å². The van der Waals surface area contributed by atoms with Crippen LogP contribution in [0.2, 0.25) is 0 Å². The van der Waals surface area contributed by atoms with E-state index in [1.807, 2.05) is 30.3 Å². The summed E-state index contributed by atoms with van der Waals surface area (Å²) in [4.78, 5) is 17.6. The quantitative estimate of drug-likeness (QED) is 0.892. The average molecular weight is 342 g/mol. The van der Waals surface area contributed by atoms with E-state index in [4.69, 9.17) is 0 Å². The molecule has 1 aromatic rings. The molecule has 4 heterocycles. The molecule has 1 aromatic carbocycles. The smallest absolute Gasteiger partial charge is 0.328 e. The summed E-state index contributed by atoms with van der Waals surface area (Å²) in [6, 6.07) is 10.0. The summed E-state index contributed by atoms with van der Waals surface area (Å²) in [6.07, 6.45) is 6.70. The van der Waals surface area contributed by atoms with Gasteiger partial charge in [0.2, 0.25) is 0 Å². The molecule has 1 unspecified atom stereocenters. The van der Waals surface area contributed by atoms with Crippen LogP contribution < -0.4 is 0 Å². The van der Waals surface area contributed by atoms with Gasteiger partial charge in [0.1, 0.15) is 5.54 Å². The molecule has 4 saturated heterocycles. The predicted octanol–water partition coefficient (Wildman–Crippen LogP) is 3.18. The van der Waals surface area contributed by atoms with Gasteiger partial charge in [0.15, 0.2) is 0 Å². The number of aliphatic carboxylic acids is 1. The highest BCUT2D eigenvalue weighted by molar-refractivity contribution is 5.81. The molecule has 0 spiro atoms. The summed E-state index contributed by atoms with van der Waals surface area (Å²) in [5.74, 6) is 0.551. The lowest BCUT2D eigenvalue weighted by atomic mass is 9.70. The minimum absolute atomic E-state index is 0.501. The van der Waals surface area contributed by atoms with E-state index in [0.29, 0.717) is 11.8 Å². The van der Waals surface area contributed by atoms with Gasteiger partial charge in [-0.15, -0.1) is 0 Å². The molecule has 4 nitrogen and oxygen atoms in total. The van der Waals surface area contributed by atoms with Crippen molar-refractivity contribution in [1.82, 2.24) is 9.80 Å². The average Bonchev–Trinajstić information content (AvgIpc) is 2.68. The predicted molar refractivity (Wildman–Crippen MR) is 98.5 cm³/mol. The Hall–Kier alpha value is -1.39. The van der Waals surface area contributed by atoms with Gasteiger partial charge < -0.3 is 10.0 Å². The molecule has 4 heteroatoms. The number of hydrogen-bond acceptors (Lipinski definition) is 3. The number of carbonyl (C=O) groups is 1. The van der Waals surface area contributed by atoms with Gasteiger partial charge in [-0.2, -0.15) is 0 Å². The Balaban J connectivity index is 1.70. The van der Waals surface area contributed by atoms with Crippen molar-refractivity contribution in [1.29, 1.82) is 0 Å². The number of hydrogen-bond donors (Lipinski definition) is 1. The second kappa shape index (κ2) is 7.08. The Bertz CT molecular complexity index is 591. The summed E-state index contributed by atoms with van der Waals surface area (Å²) in [5, 5.41) is 10.5. The first-order valence-electron chi connectivity index (χ1n) is 9.96. The fourth-order valence-corrected chi connectivity index (χ4v) is 5.46. The van der Waals surface area contributed by atoms with Crippen molar-refractivity contribution in [3.63, 3.8) is 0 Å². The lowest BCUT2D eigenvalue weighted by Gasteiger charge is -2.50. The van der Waals surface area contributed by atoms with E-state index >= 15 is 0 Å². The van der Waals surface area contributed by atoms with Gasteiger partial charge >= 0.3 is 5.97 Å². The third-order valence-electron chi connectivity index (χ3n) is 6.85. The molecule has 1 N–H and O–H groups in total. The Morgan fingerprint density at radius 1 is 1.04 bits per heavy atom. The molecule has 25 heavy (non-hydrogen) atoms. The van der Waals surface area contributed by atoms with Gasteiger partial charge in [-0.05, 0) is 75.7 Å². The van der Waals surface area contributed by atoms with Crippen LogP contribution in [-0.2, 0) is 10.3 Å². The van der Waals surface area contributed by atoms with Gasteiger partial charge in [0.05, 0.1) is 0 Å². The Kier molecular flexibility index (Phi) is 4.83. The van der Waals surface area contributed by atoms with Crippen LogP contribution in [-0.4, -0.2) is 53.6 Å². The van der Waals surface area contributed by atoms with Crippen LogP contribution in [0.4, 0.5) is 0 Å². The van der Waals surface area contributed by atoms with E-state index in [1.165, 1.54) is 32.4 Å². The fourth-order valence-electron chi connectivity index (χ4n) is 5.46. The van der Waals surface area contributed by atoms with Gasteiger partial charge in [-0.1, -0.05) is 36.8 Å². The normalized spacial score (nSPS) is 32.2. The lowest BCUT2D eigenvalue weighted by molar-refractivity contribution is -0.156. The Morgan fingerprint density at radius 2 is 1.72 bits per heavy atom. The number of carboxylic acid groups (broad SMARTS) is 1. The molecule has 0 saturated carbocycles. The Morgan fingerprint density at radius 3 is 2.28 bits per heavy atom. The first-order chi connectivity index (χ1) is 12.2. The zero-order chi connectivity index (χ0) is 17.3. The van der Waals surface area contributed by atoms with Crippen molar-refractivity contribution in [3.8, 4) is 0 Å². The highest BCUT2D eigenvalue weighted by Gasteiger charge is 2.50.